The van der Waals surface area contributed by atoms with E-state index < -0.39 is 0 Å². The maximum Gasteiger partial charge on any atom is 0.0651 e. The van der Waals surface area contributed by atoms with Crippen molar-refractivity contribution < 1.29 is 0 Å². The van der Waals surface area contributed by atoms with Gasteiger partial charge in [-0.3, -0.25) is 0 Å². The van der Waals surface area contributed by atoms with Gasteiger partial charge in [0.1, 0.15) is 0 Å². The van der Waals surface area contributed by atoms with Crippen molar-refractivity contribution in [3.05, 3.63) is 61.5 Å². The molecule has 2 rings (SSSR count). The average molecular weight is 388 g/mol. The lowest BCUT2D eigenvalue weighted by atomic mass is 10.1. The van der Waals surface area contributed by atoms with Crippen LogP contribution in [-0.4, -0.2) is 6.54 Å². The summed E-state index contributed by atoms with van der Waals surface area (Å²) in [7, 11) is 0. The van der Waals surface area contributed by atoms with Crippen molar-refractivity contribution in [3.63, 3.8) is 0 Å². The van der Waals surface area contributed by atoms with E-state index in [0.717, 1.165) is 15.7 Å². The maximum absolute atomic E-state index is 6.29. The molecule has 2 aromatic carbocycles. The van der Waals surface area contributed by atoms with E-state index in [1.165, 1.54) is 11.1 Å². The van der Waals surface area contributed by atoms with Gasteiger partial charge < -0.3 is 11.1 Å². The van der Waals surface area contributed by atoms with Gasteiger partial charge in [0.2, 0.25) is 0 Å². The average Bonchev–Trinajstić information content (AvgIpc) is 2.45. The second kappa shape index (κ2) is 7.01. The maximum atomic E-state index is 6.29. The molecule has 0 aliphatic carbocycles. The van der Waals surface area contributed by atoms with Crippen LogP contribution < -0.4 is 11.1 Å². The second-order valence-corrected chi connectivity index (χ2v) is 6.58. The van der Waals surface area contributed by atoms with E-state index in [-0.39, 0.29) is 6.04 Å². The van der Waals surface area contributed by atoms with Gasteiger partial charge in [0.15, 0.2) is 0 Å². The molecule has 1 atom stereocenters. The van der Waals surface area contributed by atoms with E-state index in [2.05, 4.69) is 47.2 Å². The zero-order chi connectivity index (χ0) is 15.6. The van der Waals surface area contributed by atoms with E-state index in [9.17, 15) is 0 Å². The van der Waals surface area contributed by atoms with Crippen LogP contribution in [0.2, 0.25) is 10.0 Å². The standard InChI is InChI=1S/C16H17BrCl2N2/c1-9-6-11(7-10(2)15(9)17)21-14(8-20)12-4-3-5-13(18)16(12)19/h3-7,14,21H,8,20H2,1-2H3. The van der Waals surface area contributed by atoms with Gasteiger partial charge in [0.05, 0.1) is 16.1 Å². The smallest absolute Gasteiger partial charge is 0.0651 e. The molecule has 0 saturated carbocycles. The molecule has 1 unspecified atom stereocenters. The molecule has 0 amide bonds. The fourth-order valence-electron chi connectivity index (χ4n) is 2.28. The molecule has 21 heavy (non-hydrogen) atoms. The van der Waals surface area contributed by atoms with Gasteiger partial charge in [-0.05, 0) is 48.7 Å². The highest BCUT2D eigenvalue weighted by molar-refractivity contribution is 9.10. The Labute approximate surface area is 143 Å². The van der Waals surface area contributed by atoms with Gasteiger partial charge >= 0.3 is 0 Å². The first-order chi connectivity index (χ1) is 9.93. The van der Waals surface area contributed by atoms with Gasteiger partial charge in [0.25, 0.3) is 0 Å². The molecular weight excluding hydrogens is 371 g/mol. The summed E-state index contributed by atoms with van der Waals surface area (Å²) in [6.45, 7) is 4.55. The van der Waals surface area contributed by atoms with Crippen LogP contribution in [0.1, 0.15) is 22.7 Å². The van der Waals surface area contributed by atoms with Crippen LogP contribution in [0.5, 0.6) is 0 Å². The Morgan fingerprint density at radius 1 is 1.19 bits per heavy atom. The van der Waals surface area contributed by atoms with Crippen molar-refractivity contribution in [1.82, 2.24) is 0 Å². The van der Waals surface area contributed by atoms with E-state index in [4.69, 9.17) is 28.9 Å². The van der Waals surface area contributed by atoms with Crippen LogP contribution in [0, 0.1) is 13.8 Å². The summed E-state index contributed by atoms with van der Waals surface area (Å²) in [5.41, 5.74) is 10.2. The highest BCUT2D eigenvalue weighted by atomic mass is 79.9. The monoisotopic (exact) mass is 386 g/mol. The van der Waals surface area contributed by atoms with Crippen LogP contribution in [0.25, 0.3) is 0 Å². The number of halogens is 3. The molecule has 112 valence electrons. The number of benzene rings is 2. The summed E-state index contributed by atoms with van der Waals surface area (Å²) >= 11 is 15.9. The molecule has 0 bridgehead atoms. The lowest BCUT2D eigenvalue weighted by Gasteiger charge is -2.21. The van der Waals surface area contributed by atoms with Gasteiger partial charge in [-0.2, -0.15) is 0 Å². The minimum atomic E-state index is -0.0869. The van der Waals surface area contributed by atoms with Gasteiger partial charge in [-0.1, -0.05) is 51.3 Å². The third-order valence-electron chi connectivity index (χ3n) is 3.37. The van der Waals surface area contributed by atoms with Crippen LogP contribution in [0.15, 0.2) is 34.8 Å². The van der Waals surface area contributed by atoms with Gasteiger partial charge in [0, 0.05) is 16.7 Å². The molecule has 2 aromatic rings. The Hall–Kier alpha value is -0.740. The SMILES string of the molecule is Cc1cc(NC(CN)c2cccc(Cl)c2Cl)cc(C)c1Br. The quantitative estimate of drug-likeness (QED) is 0.728. The number of anilines is 1. The summed E-state index contributed by atoms with van der Waals surface area (Å²) in [4.78, 5) is 0. The number of nitrogens with two attached hydrogens (primary N) is 1. The van der Waals surface area contributed by atoms with Crippen molar-refractivity contribution in [2.24, 2.45) is 5.73 Å². The fraction of sp³-hybridized carbons (Fsp3) is 0.250. The summed E-state index contributed by atoms with van der Waals surface area (Å²) in [6, 6.07) is 9.67. The Morgan fingerprint density at radius 3 is 2.38 bits per heavy atom. The van der Waals surface area contributed by atoms with Gasteiger partial charge in [-0.25, -0.2) is 0 Å². The summed E-state index contributed by atoms with van der Waals surface area (Å²) in [5, 5.41) is 4.52. The zero-order valence-corrected chi connectivity index (χ0v) is 15.0. The van der Waals surface area contributed by atoms with Crippen molar-refractivity contribution in [2.75, 3.05) is 11.9 Å². The van der Waals surface area contributed by atoms with E-state index >= 15 is 0 Å². The predicted molar refractivity (Wildman–Crippen MR) is 95.5 cm³/mol. The minimum Gasteiger partial charge on any atom is -0.377 e. The number of nitrogens with one attached hydrogen (secondary N) is 1. The number of hydrogen-bond donors (Lipinski definition) is 2. The molecule has 0 saturated heterocycles. The van der Waals surface area contributed by atoms with Crippen molar-refractivity contribution >= 4 is 44.8 Å². The molecule has 0 heterocycles. The number of rotatable bonds is 4. The summed E-state index contributed by atoms with van der Waals surface area (Å²) < 4.78 is 1.12. The highest BCUT2D eigenvalue weighted by Crippen LogP contribution is 2.32. The normalized spacial score (nSPS) is 12.3. The topological polar surface area (TPSA) is 38.0 Å². The Morgan fingerprint density at radius 2 is 1.81 bits per heavy atom. The first kappa shape index (κ1) is 16.6. The van der Waals surface area contributed by atoms with E-state index in [0.29, 0.717) is 16.6 Å². The second-order valence-electron chi connectivity index (χ2n) is 5.00. The van der Waals surface area contributed by atoms with E-state index in [1.54, 1.807) is 6.07 Å². The molecule has 5 heteroatoms. The lowest BCUT2D eigenvalue weighted by molar-refractivity contribution is 0.790. The molecule has 0 fully saturated rings. The Balaban J connectivity index is 2.33. The molecule has 0 aromatic heterocycles. The minimum absolute atomic E-state index is 0.0869. The van der Waals surface area contributed by atoms with Crippen LogP contribution >= 0.6 is 39.1 Å². The van der Waals surface area contributed by atoms with Crippen molar-refractivity contribution in [1.29, 1.82) is 0 Å². The largest absolute Gasteiger partial charge is 0.377 e. The first-order valence-electron chi connectivity index (χ1n) is 6.61. The molecule has 2 nitrogen and oxygen atoms in total. The summed E-state index contributed by atoms with van der Waals surface area (Å²) in [5.74, 6) is 0. The van der Waals surface area contributed by atoms with Crippen molar-refractivity contribution in [3.8, 4) is 0 Å². The molecule has 0 radical (unpaired) electrons. The van der Waals surface area contributed by atoms with Crippen LogP contribution in [0.3, 0.4) is 0 Å². The molecule has 0 aliphatic rings. The van der Waals surface area contributed by atoms with Gasteiger partial charge in [-0.15, -0.1) is 0 Å². The number of aryl methyl sites for hydroxylation is 2. The fourth-order valence-corrected chi connectivity index (χ4v) is 2.95. The van der Waals surface area contributed by atoms with Crippen LogP contribution in [-0.2, 0) is 0 Å². The van der Waals surface area contributed by atoms with Crippen LogP contribution in [0.4, 0.5) is 5.69 Å². The molecule has 3 N–H and O–H groups in total. The highest BCUT2D eigenvalue weighted by Gasteiger charge is 2.15. The van der Waals surface area contributed by atoms with E-state index in [1.807, 2.05) is 12.1 Å². The van der Waals surface area contributed by atoms with Crippen molar-refractivity contribution in [2.45, 2.75) is 19.9 Å². The molecule has 0 aliphatic heterocycles. The zero-order valence-electron chi connectivity index (χ0n) is 11.9. The Bertz CT molecular complexity index is 636. The third kappa shape index (κ3) is 3.72. The Kier molecular flexibility index (Phi) is 5.55. The predicted octanol–water partition coefficient (Wildman–Crippen LogP) is 5.48. The third-order valence-corrected chi connectivity index (χ3v) is 5.45. The lowest BCUT2D eigenvalue weighted by Crippen LogP contribution is -2.21. The molecular formula is C16H17BrCl2N2. The first-order valence-corrected chi connectivity index (χ1v) is 8.16. The number of hydrogen-bond acceptors (Lipinski definition) is 2. The molecule has 0 spiro atoms. The summed E-state index contributed by atoms with van der Waals surface area (Å²) in [6.07, 6.45) is 0.